The van der Waals surface area contributed by atoms with Gasteiger partial charge in [-0.3, -0.25) is 4.79 Å². The number of carbonyl (C=O) groups is 1. The van der Waals surface area contributed by atoms with Crippen LogP contribution in [0, 0.1) is 17.3 Å². The van der Waals surface area contributed by atoms with E-state index in [-0.39, 0.29) is 11.6 Å². The molecular formula is C16H23F2N3O. The van der Waals surface area contributed by atoms with Crippen LogP contribution >= 0.6 is 0 Å². The topological polar surface area (TPSA) is 47.8 Å². The van der Waals surface area contributed by atoms with Gasteiger partial charge in [-0.15, -0.1) is 0 Å². The Morgan fingerprint density at radius 1 is 1.36 bits per heavy atom. The molecule has 0 spiro atoms. The summed E-state index contributed by atoms with van der Waals surface area (Å²) in [5, 5.41) is 3.98. The zero-order chi connectivity index (χ0) is 16.2. The molecule has 0 aromatic carbocycles. The van der Waals surface area contributed by atoms with Gasteiger partial charge in [-0.25, -0.2) is 18.4 Å². The first kappa shape index (κ1) is 16.8. The predicted octanol–water partition coefficient (Wildman–Crippen LogP) is 3.46. The Bertz CT molecular complexity index is 524. The molecule has 0 unspecified atom stereocenters. The fourth-order valence-electron chi connectivity index (χ4n) is 2.85. The SMILES string of the molecule is C[C@@H]1CCCC[C@H]1/C=C(/C(=O)C(C)(CF)CF)n1cncn1. The Morgan fingerprint density at radius 3 is 2.59 bits per heavy atom. The number of allylic oxidation sites excluding steroid dienone is 2. The Morgan fingerprint density at radius 2 is 2.05 bits per heavy atom. The highest BCUT2D eigenvalue weighted by atomic mass is 19.1. The van der Waals surface area contributed by atoms with Gasteiger partial charge in [-0.2, -0.15) is 5.10 Å². The lowest BCUT2D eigenvalue weighted by atomic mass is 9.78. The molecule has 4 nitrogen and oxygen atoms in total. The minimum Gasteiger partial charge on any atom is -0.292 e. The molecule has 1 aromatic rings. The van der Waals surface area contributed by atoms with Crippen LogP contribution in [0.5, 0.6) is 0 Å². The second-order valence-corrected chi connectivity index (χ2v) is 6.47. The minimum atomic E-state index is -1.66. The summed E-state index contributed by atoms with van der Waals surface area (Å²) in [4.78, 5) is 16.5. The number of hydrogen-bond donors (Lipinski definition) is 0. The third-order valence-corrected chi connectivity index (χ3v) is 4.59. The fraction of sp³-hybridized carbons (Fsp3) is 0.688. The Kier molecular flexibility index (Phi) is 5.42. The fourth-order valence-corrected chi connectivity index (χ4v) is 2.85. The first-order chi connectivity index (χ1) is 10.5. The van der Waals surface area contributed by atoms with Crippen molar-refractivity contribution in [2.75, 3.05) is 13.3 Å². The Balaban J connectivity index is 2.37. The quantitative estimate of drug-likeness (QED) is 0.756. The lowest BCUT2D eigenvalue weighted by Gasteiger charge is -2.28. The lowest BCUT2D eigenvalue weighted by Crippen LogP contribution is -2.35. The van der Waals surface area contributed by atoms with Crippen LogP contribution in [0.3, 0.4) is 0 Å². The van der Waals surface area contributed by atoms with Crippen LogP contribution < -0.4 is 0 Å². The largest absolute Gasteiger partial charge is 0.292 e. The molecular weight excluding hydrogens is 288 g/mol. The van der Waals surface area contributed by atoms with Gasteiger partial charge in [0.2, 0.25) is 0 Å². The summed E-state index contributed by atoms with van der Waals surface area (Å²) in [6.07, 6.45) is 8.92. The van der Waals surface area contributed by atoms with E-state index < -0.39 is 24.5 Å². The second kappa shape index (κ2) is 7.11. The number of hydrogen-bond acceptors (Lipinski definition) is 3. The maximum absolute atomic E-state index is 13.2. The number of alkyl halides is 2. The molecule has 1 aliphatic carbocycles. The highest BCUT2D eigenvalue weighted by Crippen LogP contribution is 2.33. The van der Waals surface area contributed by atoms with Crippen LogP contribution in [-0.4, -0.2) is 33.9 Å². The van der Waals surface area contributed by atoms with Crippen LogP contribution in [0.15, 0.2) is 18.7 Å². The molecule has 1 fully saturated rings. The summed E-state index contributed by atoms with van der Waals surface area (Å²) in [5.74, 6) is 0.114. The standard InChI is InChI=1S/C16H23F2N3O/c1-12-5-3-4-6-13(12)7-14(21-11-19-10-20-21)15(22)16(2,8-17)9-18/h7,10-13H,3-6,8-9H2,1-2H3/b14-7-/t12-,13+/m1/s1. The van der Waals surface area contributed by atoms with Gasteiger partial charge in [0.05, 0.1) is 5.41 Å². The average molecular weight is 311 g/mol. The summed E-state index contributed by atoms with van der Waals surface area (Å²) in [5.41, 5.74) is -1.43. The maximum Gasteiger partial charge on any atom is 0.192 e. The van der Waals surface area contributed by atoms with Gasteiger partial charge in [0.25, 0.3) is 0 Å². The number of aromatic nitrogens is 3. The molecule has 0 aliphatic heterocycles. The second-order valence-electron chi connectivity index (χ2n) is 6.47. The third kappa shape index (κ3) is 3.42. The van der Waals surface area contributed by atoms with Gasteiger partial charge < -0.3 is 0 Å². The van der Waals surface area contributed by atoms with Gasteiger partial charge in [0.15, 0.2) is 5.78 Å². The Hall–Kier alpha value is -1.59. The molecule has 0 amide bonds. The summed E-state index contributed by atoms with van der Waals surface area (Å²) >= 11 is 0. The summed E-state index contributed by atoms with van der Waals surface area (Å²) < 4.78 is 27.8. The predicted molar refractivity (Wildman–Crippen MR) is 80.5 cm³/mol. The summed E-state index contributed by atoms with van der Waals surface area (Å²) in [6, 6.07) is 0. The van der Waals surface area contributed by atoms with Crippen molar-refractivity contribution in [1.82, 2.24) is 14.8 Å². The van der Waals surface area contributed by atoms with E-state index in [1.54, 1.807) is 0 Å². The molecule has 122 valence electrons. The molecule has 2 rings (SSSR count). The normalized spacial score (nSPS) is 23.5. The number of nitrogens with zero attached hydrogens (tertiary/aromatic N) is 3. The van der Waals surface area contributed by atoms with E-state index in [0.717, 1.165) is 19.3 Å². The van der Waals surface area contributed by atoms with E-state index in [1.165, 1.54) is 30.7 Å². The first-order valence-corrected chi connectivity index (χ1v) is 7.75. The molecule has 0 bridgehead atoms. The van der Waals surface area contributed by atoms with Crippen molar-refractivity contribution >= 4 is 11.5 Å². The van der Waals surface area contributed by atoms with Crippen LogP contribution in [-0.2, 0) is 4.79 Å². The molecule has 0 N–H and O–H groups in total. The number of carbonyl (C=O) groups excluding carboxylic acids is 1. The highest BCUT2D eigenvalue weighted by molar-refractivity contribution is 6.17. The van der Waals surface area contributed by atoms with Gasteiger partial charge in [0.1, 0.15) is 31.7 Å². The molecule has 1 heterocycles. The summed E-state index contributed by atoms with van der Waals surface area (Å²) in [6.45, 7) is 1.39. The maximum atomic E-state index is 13.2. The summed E-state index contributed by atoms with van der Waals surface area (Å²) in [7, 11) is 0. The molecule has 2 atom stereocenters. The Labute approximate surface area is 129 Å². The smallest absolute Gasteiger partial charge is 0.192 e. The molecule has 1 aromatic heterocycles. The van der Waals surface area contributed by atoms with Crippen molar-refractivity contribution in [2.45, 2.75) is 39.5 Å². The van der Waals surface area contributed by atoms with Crippen molar-refractivity contribution in [1.29, 1.82) is 0 Å². The number of rotatable bonds is 6. The van der Waals surface area contributed by atoms with Crippen LogP contribution in [0.1, 0.15) is 39.5 Å². The van der Waals surface area contributed by atoms with Gasteiger partial charge in [-0.1, -0.05) is 32.3 Å². The molecule has 1 aliphatic rings. The first-order valence-electron chi connectivity index (χ1n) is 7.75. The van der Waals surface area contributed by atoms with Crippen LogP contribution in [0.2, 0.25) is 0 Å². The van der Waals surface area contributed by atoms with Crippen molar-refractivity contribution in [3.05, 3.63) is 18.7 Å². The van der Waals surface area contributed by atoms with Gasteiger partial charge in [0, 0.05) is 0 Å². The monoisotopic (exact) mass is 311 g/mol. The zero-order valence-electron chi connectivity index (χ0n) is 13.1. The molecule has 0 radical (unpaired) electrons. The molecule has 1 saturated carbocycles. The van der Waals surface area contributed by atoms with Crippen molar-refractivity contribution < 1.29 is 13.6 Å². The average Bonchev–Trinajstić information content (AvgIpc) is 3.07. The molecule has 6 heteroatoms. The molecule has 0 saturated heterocycles. The lowest BCUT2D eigenvalue weighted by molar-refractivity contribution is -0.124. The third-order valence-electron chi connectivity index (χ3n) is 4.59. The van der Waals surface area contributed by atoms with E-state index in [2.05, 4.69) is 17.0 Å². The van der Waals surface area contributed by atoms with Crippen LogP contribution in [0.4, 0.5) is 8.78 Å². The van der Waals surface area contributed by atoms with Gasteiger partial charge in [-0.05, 0) is 25.2 Å². The van der Waals surface area contributed by atoms with Gasteiger partial charge >= 0.3 is 0 Å². The van der Waals surface area contributed by atoms with E-state index in [1.807, 2.05) is 6.08 Å². The number of Topliss-reactive ketones (excluding diaryl/α,β-unsaturated/α-hetero) is 1. The molecule has 22 heavy (non-hydrogen) atoms. The van der Waals surface area contributed by atoms with E-state index in [9.17, 15) is 13.6 Å². The van der Waals surface area contributed by atoms with Crippen molar-refractivity contribution in [2.24, 2.45) is 17.3 Å². The number of halogens is 2. The van der Waals surface area contributed by atoms with Crippen molar-refractivity contribution in [3.8, 4) is 0 Å². The zero-order valence-corrected chi connectivity index (χ0v) is 13.1. The minimum absolute atomic E-state index is 0.223. The van der Waals surface area contributed by atoms with Crippen LogP contribution in [0.25, 0.3) is 5.70 Å². The number of ketones is 1. The highest BCUT2D eigenvalue weighted by Gasteiger charge is 2.37. The van der Waals surface area contributed by atoms with E-state index in [4.69, 9.17) is 0 Å². The van der Waals surface area contributed by atoms with Crippen molar-refractivity contribution in [3.63, 3.8) is 0 Å². The van der Waals surface area contributed by atoms with E-state index in [0.29, 0.717) is 5.92 Å². The van der Waals surface area contributed by atoms with E-state index >= 15 is 0 Å².